The average Bonchev–Trinajstić information content (AvgIpc) is 2.60. The third kappa shape index (κ3) is 4.17. The second-order valence-electron chi connectivity index (χ2n) is 6.57. The largest absolute Gasteiger partial charge is 0.381 e. The Morgan fingerprint density at radius 3 is 2.60 bits per heavy atom. The van der Waals surface area contributed by atoms with Crippen molar-refractivity contribution in [2.24, 2.45) is 0 Å². The van der Waals surface area contributed by atoms with E-state index in [1.807, 2.05) is 43.3 Å². The summed E-state index contributed by atoms with van der Waals surface area (Å²) in [6.07, 6.45) is 1.62. The molecular weight excluding hydrogens is 357 g/mol. The number of halogens is 2. The fraction of sp³-hybridized carbons (Fsp3) is 0.350. The molecule has 2 aromatic carbocycles. The van der Waals surface area contributed by atoms with Gasteiger partial charge >= 0.3 is 0 Å². The molecule has 3 rings (SSSR count). The van der Waals surface area contributed by atoms with E-state index in [0.717, 1.165) is 24.0 Å². The molecule has 0 spiro atoms. The van der Waals surface area contributed by atoms with Crippen LogP contribution in [0.1, 0.15) is 34.3 Å². The number of carbonyl (C=O) groups is 1. The maximum absolute atomic E-state index is 12.6. The molecule has 0 radical (unpaired) electrons. The Labute approximate surface area is 158 Å². The highest BCUT2D eigenvalue weighted by Gasteiger charge is 2.36. The number of benzene rings is 2. The molecule has 1 amide bonds. The topological polar surface area (TPSA) is 38.3 Å². The summed E-state index contributed by atoms with van der Waals surface area (Å²) in [6.45, 7) is 3.80. The van der Waals surface area contributed by atoms with Gasteiger partial charge in [-0.1, -0.05) is 47.0 Å². The first kappa shape index (κ1) is 18.2. The lowest BCUT2D eigenvalue weighted by Crippen LogP contribution is -2.44. The van der Waals surface area contributed by atoms with E-state index >= 15 is 0 Å². The maximum atomic E-state index is 12.6. The number of ether oxygens (including phenoxy) is 1. The third-order valence-electron chi connectivity index (χ3n) is 4.82. The summed E-state index contributed by atoms with van der Waals surface area (Å²) in [5, 5.41) is 4.34. The lowest BCUT2D eigenvalue weighted by atomic mass is 9.74. The minimum absolute atomic E-state index is 0.0698. The summed E-state index contributed by atoms with van der Waals surface area (Å²) in [4.78, 5) is 12.6. The van der Waals surface area contributed by atoms with Crippen LogP contribution in [0.3, 0.4) is 0 Å². The molecule has 0 unspecified atom stereocenters. The van der Waals surface area contributed by atoms with E-state index in [1.165, 1.54) is 0 Å². The third-order valence-corrected chi connectivity index (χ3v) is 5.37. The van der Waals surface area contributed by atoms with Crippen molar-refractivity contribution in [3.05, 3.63) is 69.2 Å². The zero-order valence-corrected chi connectivity index (χ0v) is 15.7. The van der Waals surface area contributed by atoms with Crippen LogP contribution < -0.4 is 5.32 Å². The molecule has 1 N–H and O–H groups in total. The van der Waals surface area contributed by atoms with E-state index in [1.54, 1.807) is 6.07 Å². The molecule has 0 aliphatic carbocycles. The maximum Gasteiger partial charge on any atom is 0.251 e. The highest BCUT2D eigenvalue weighted by Crippen LogP contribution is 2.39. The van der Waals surface area contributed by atoms with E-state index in [-0.39, 0.29) is 11.3 Å². The predicted octanol–water partition coefficient (Wildman–Crippen LogP) is 4.78. The Kier molecular flexibility index (Phi) is 5.67. The molecule has 1 aliphatic heterocycles. The number of aryl methyl sites for hydroxylation is 1. The van der Waals surface area contributed by atoms with Gasteiger partial charge in [0.2, 0.25) is 0 Å². The monoisotopic (exact) mass is 377 g/mol. The summed E-state index contributed by atoms with van der Waals surface area (Å²) in [5.41, 5.74) is 2.52. The number of hydrogen-bond acceptors (Lipinski definition) is 2. The average molecular weight is 378 g/mol. The summed E-state index contributed by atoms with van der Waals surface area (Å²) in [7, 11) is 0. The van der Waals surface area contributed by atoms with Gasteiger partial charge in [-0.15, -0.1) is 0 Å². The molecule has 1 heterocycles. The fourth-order valence-corrected chi connectivity index (χ4v) is 3.97. The van der Waals surface area contributed by atoms with Gasteiger partial charge in [-0.05, 0) is 49.6 Å². The van der Waals surface area contributed by atoms with Crippen LogP contribution in [0.5, 0.6) is 0 Å². The van der Waals surface area contributed by atoms with Crippen LogP contribution in [0.4, 0.5) is 0 Å². The predicted molar refractivity (Wildman–Crippen MR) is 102 cm³/mol. The number of hydrogen-bond donors (Lipinski definition) is 1. The zero-order valence-electron chi connectivity index (χ0n) is 14.1. The molecule has 1 aliphatic rings. The Balaban J connectivity index is 1.83. The van der Waals surface area contributed by atoms with Crippen molar-refractivity contribution in [2.75, 3.05) is 19.8 Å². The van der Waals surface area contributed by atoms with Gasteiger partial charge in [0.15, 0.2) is 0 Å². The highest BCUT2D eigenvalue weighted by atomic mass is 35.5. The molecule has 0 saturated carbocycles. The van der Waals surface area contributed by atoms with Crippen molar-refractivity contribution >= 4 is 29.1 Å². The second kappa shape index (κ2) is 7.77. The van der Waals surface area contributed by atoms with Crippen molar-refractivity contribution in [1.29, 1.82) is 0 Å². The van der Waals surface area contributed by atoms with E-state index in [4.69, 9.17) is 27.9 Å². The van der Waals surface area contributed by atoms with Crippen LogP contribution in [0.25, 0.3) is 0 Å². The first-order valence-corrected chi connectivity index (χ1v) is 9.14. The van der Waals surface area contributed by atoms with E-state index in [2.05, 4.69) is 5.32 Å². The smallest absolute Gasteiger partial charge is 0.251 e. The summed E-state index contributed by atoms with van der Waals surface area (Å²) < 4.78 is 5.54. The molecule has 3 nitrogen and oxygen atoms in total. The Morgan fingerprint density at radius 2 is 1.92 bits per heavy atom. The van der Waals surface area contributed by atoms with Crippen LogP contribution in [-0.4, -0.2) is 25.7 Å². The summed E-state index contributed by atoms with van der Waals surface area (Å²) in [6, 6.07) is 13.2. The molecule has 25 heavy (non-hydrogen) atoms. The fourth-order valence-electron chi connectivity index (χ4n) is 3.36. The van der Waals surface area contributed by atoms with Crippen LogP contribution in [0.2, 0.25) is 10.0 Å². The standard InChI is InChI=1S/C20H21Cl2NO2/c1-14-3-2-4-15(11-14)19(24)23-13-20(7-9-25-10-8-20)17-6-5-16(21)12-18(17)22/h2-6,11-12H,7-10,13H2,1H3,(H,23,24). The van der Waals surface area contributed by atoms with E-state index in [9.17, 15) is 4.79 Å². The van der Waals surface area contributed by atoms with Gasteiger partial charge in [0.1, 0.15) is 0 Å². The van der Waals surface area contributed by atoms with Crippen LogP contribution in [0, 0.1) is 6.92 Å². The van der Waals surface area contributed by atoms with E-state index < -0.39 is 0 Å². The van der Waals surface area contributed by atoms with Gasteiger partial charge in [-0.3, -0.25) is 4.79 Å². The van der Waals surface area contributed by atoms with Gasteiger partial charge in [0.05, 0.1) is 0 Å². The summed E-state index contributed by atoms with van der Waals surface area (Å²) in [5.74, 6) is -0.0698. The quantitative estimate of drug-likeness (QED) is 0.832. The van der Waals surface area contributed by atoms with Crippen LogP contribution >= 0.6 is 23.2 Å². The molecular formula is C20H21Cl2NO2. The van der Waals surface area contributed by atoms with Crippen molar-refractivity contribution in [1.82, 2.24) is 5.32 Å². The Bertz CT molecular complexity index is 770. The molecule has 2 aromatic rings. The minimum Gasteiger partial charge on any atom is -0.381 e. The Morgan fingerprint density at radius 1 is 1.16 bits per heavy atom. The van der Waals surface area contributed by atoms with Gasteiger partial charge in [0.25, 0.3) is 5.91 Å². The number of nitrogens with one attached hydrogen (secondary N) is 1. The Hall–Kier alpha value is -1.55. The van der Waals surface area contributed by atoms with Gasteiger partial charge < -0.3 is 10.1 Å². The zero-order chi connectivity index (χ0) is 17.9. The first-order valence-electron chi connectivity index (χ1n) is 8.38. The molecule has 132 valence electrons. The molecule has 1 fully saturated rings. The number of carbonyl (C=O) groups excluding carboxylic acids is 1. The minimum atomic E-state index is -0.237. The van der Waals surface area contributed by atoms with Crippen LogP contribution in [-0.2, 0) is 10.2 Å². The molecule has 0 bridgehead atoms. The number of rotatable bonds is 4. The number of amides is 1. The van der Waals surface area contributed by atoms with Gasteiger partial charge in [-0.25, -0.2) is 0 Å². The van der Waals surface area contributed by atoms with Crippen molar-refractivity contribution in [3.8, 4) is 0 Å². The first-order chi connectivity index (χ1) is 12.0. The highest BCUT2D eigenvalue weighted by molar-refractivity contribution is 6.35. The molecule has 1 saturated heterocycles. The summed E-state index contributed by atoms with van der Waals surface area (Å²) >= 11 is 12.5. The van der Waals surface area contributed by atoms with Crippen LogP contribution in [0.15, 0.2) is 42.5 Å². The molecule has 0 aromatic heterocycles. The lowest BCUT2D eigenvalue weighted by Gasteiger charge is -2.38. The van der Waals surface area contributed by atoms with E-state index in [0.29, 0.717) is 35.4 Å². The lowest BCUT2D eigenvalue weighted by molar-refractivity contribution is 0.0487. The molecule has 0 atom stereocenters. The SMILES string of the molecule is Cc1cccc(C(=O)NCC2(c3ccc(Cl)cc3Cl)CCOCC2)c1. The second-order valence-corrected chi connectivity index (χ2v) is 7.41. The molecule has 5 heteroatoms. The van der Waals surface area contributed by atoms with Crippen molar-refractivity contribution in [2.45, 2.75) is 25.2 Å². The normalized spacial score (nSPS) is 16.4. The van der Waals surface area contributed by atoms with Crippen molar-refractivity contribution < 1.29 is 9.53 Å². The van der Waals surface area contributed by atoms with Gasteiger partial charge in [-0.2, -0.15) is 0 Å². The van der Waals surface area contributed by atoms with Crippen molar-refractivity contribution in [3.63, 3.8) is 0 Å². The van der Waals surface area contributed by atoms with Gasteiger partial charge in [0, 0.05) is 40.8 Å².